The summed E-state index contributed by atoms with van der Waals surface area (Å²) in [5.74, 6) is 0.418. The van der Waals surface area contributed by atoms with Crippen molar-refractivity contribution in [2.24, 2.45) is 0 Å². The summed E-state index contributed by atoms with van der Waals surface area (Å²) in [5, 5.41) is -0.137. The summed E-state index contributed by atoms with van der Waals surface area (Å²) in [7, 11) is 3.30. The maximum atomic E-state index is 3.30. The average molecular weight is 568 g/mol. The van der Waals surface area contributed by atoms with Crippen LogP contribution in [0.3, 0.4) is 0 Å². The van der Waals surface area contributed by atoms with Gasteiger partial charge in [0.15, 0.2) is 0 Å². The SMILES string of the molecule is Br.CCCCCCCCCCCCCCC(c1ccccc1)C(P)(c1ccccc1)c1ccccc1. The zero-order valence-corrected chi connectivity index (χ0v) is 25.3. The van der Waals surface area contributed by atoms with Crippen LogP contribution in [-0.4, -0.2) is 0 Å². The van der Waals surface area contributed by atoms with Crippen molar-refractivity contribution in [3.63, 3.8) is 0 Å². The molecule has 0 spiro atoms. The van der Waals surface area contributed by atoms with Gasteiger partial charge >= 0.3 is 0 Å². The lowest BCUT2D eigenvalue weighted by Crippen LogP contribution is -2.29. The van der Waals surface area contributed by atoms with Crippen LogP contribution in [0.1, 0.15) is 113 Å². The van der Waals surface area contributed by atoms with E-state index in [1.807, 2.05) is 0 Å². The van der Waals surface area contributed by atoms with Gasteiger partial charge in [0.05, 0.1) is 0 Å². The first-order valence-corrected chi connectivity index (χ1v) is 14.8. The molecule has 0 heterocycles. The summed E-state index contributed by atoms with van der Waals surface area (Å²) < 4.78 is 0. The minimum Gasteiger partial charge on any atom is -0.121 e. The van der Waals surface area contributed by atoms with Crippen molar-refractivity contribution in [1.29, 1.82) is 0 Å². The van der Waals surface area contributed by atoms with E-state index in [0.29, 0.717) is 5.92 Å². The number of halogens is 1. The van der Waals surface area contributed by atoms with Crippen LogP contribution in [-0.2, 0) is 5.16 Å². The molecule has 36 heavy (non-hydrogen) atoms. The van der Waals surface area contributed by atoms with E-state index in [2.05, 4.69) is 107 Å². The van der Waals surface area contributed by atoms with Gasteiger partial charge in [-0.25, -0.2) is 0 Å². The quantitative estimate of drug-likeness (QED) is 0.112. The van der Waals surface area contributed by atoms with Crippen molar-refractivity contribution in [3.8, 4) is 0 Å². The summed E-state index contributed by atoms with van der Waals surface area (Å²) >= 11 is 0. The lowest BCUT2D eigenvalue weighted by Gasteiger charge is -2.39. The van der Waals surface area contributed by atoms with Gasteiger partial charge in [-0.3, -0.25) is 0 Å². The summed E-state index contributed by atoms with van der Waals surface area (Å²) in [6.07, 6.45) is 17.9. The number of unbranched alkanes of at least 4 members (excludes halogenated alkanes) is 11. The monoisotopic (exact) mass is 566 g/mol. The molecule has 2 unspecified atom stereocenters. The number of hydrogen-bond acceptors (Lipinski definition) is 0. The molecule has 3 aromatic rings. The molecule has 0 bridgehead atoms. The summed E-state index contributed by atoms with van der Waals surface area (Å²) in [4.78, 5) is 0. The van der Waals surface area contributed by atoms with E-state index in [4.69, 9.17) is 0 Å². The van der Waals surface area contributed by atoms with E-state index in [1.165, 1.54) is 100 Å². The Bertz CT molecular complexity index is 870. The van der Waals surface area contributed by atoms with Crippen molar-refractivity contribution in [2.45, 2.75) is 101 Å². The fourth-order valence-electron chi connectivity index (χ4n) is 5.53. The second-order valence-electron chi connectivity index (χ2n) is 10.2. The van der Waals surface area contributed by atoms with Crippen LogP contribution in [0, 0.1) is 0 Å². The Morgan fingerprint density at radius 2 is 0.889 bits per heavy atom. The molecule has 0 aliphatic carbocycles. The van der Waals surface area contributed by atoms with Crippen molar-refractivity contribution in [3.05, 3.63) is 108 Å². The summed E-state index contributed by atoms with van der Waals surface area (Å²) in [6.45, 7) is 2.30. The molecule has 0 aliphatic heterocycles. The van der Waals surface area contributed by atoms with Gasteiger partial charge in [-0.2, -0.15) is 0 Å². The number of hydrogen-bond donors (Lipinski definition) is 0. The zero-order valence-electron chi connectivity index (χ0n) is 22.4. The molecule has 0 aromatic heterocycles. The van der Waals surface area contributed by atoms with Crippen LogP contribution in [0.4, 0.5) is 0 Å². The molecule has 2 atom stereocenters. The smallest absolute Gasteiger partial charge is 0.0412 e. The van der Waals surface area contributed by atoms with Crippen LogP contribution < -0.4 is 0 Å². The Morgan fingerprint density at radius 1 is 0.528 bits per heavy atom. The molecule has 0 radical (unpaired) electrons. The second-order valence-corrected chi connectivity index (χ2v) is 11.2. The molecule has 0 amide bonds. The minimum absolute atomic E-state index is 0. The predicted molar refractivity (Wildman–Crippen MR) is 169 cm³/mol. The van der Waals surface area contributed by atoms with E-state index in [0.717, 1.165) is 0 Å². The van der Waals surface area contributed by atoms with Gasteiger partial charge in [0, 0.05) is 11.1 Å². The average Bonchev–Trinajstić information content (AvgIpc) is 2.92. The maximum absolute atomic E-state index is 3.30. The standard InChI is InChI=1S/C34H47P.BrH/c1-2-3-4-5-6-7-8-9-10-11-12-22-29-33(30-23-16-13-17-24-30)34(35,31-25-18-14-19-26-31)32-27-20-15-21-28-32;/h13-21,23-28,33H,2-12,22,29,35H2,1H3;1H. The predicted octanol–water partition coefficient (Wildman–Crippen LogP) is 11.3. The number of rotatable bonds is 17. The third-order valence-corrected chi connectivity index (χ3v) is 8.67. The molecular weight excluding hydrogens is 519 g/mol. The molecule has 3 aromatic carbocycles. The van der Waals surface area contributed by atoms with Crippen LogP contribution in [0.2, 0.25) is 0 Å². The van der Waals surface area contributed by atoms with Crippen molar-refractivity contribution < 1.29 is 0 Å². The highest BCUT2D eigenvalue weighted by atomic mass is 79.9. The lowest BCUT2D eigenvalue weighted by molar-refractivity contribution is 0.476. The molecule has 0 N–H and O–H groups in total. The van der Waals surface area contributed by atoms with E-state index in [9.17, 15) is 0 Å². The van der Waals surface area contributed by atoms with Gasteiger partial charge in [0.1, 0.15) is 0 Å². The molecule has 0 fully saturated rings. The van der Waals surface area contributed by atoms with E-state index in [1.54, 1.807) is 0 Å². The maximum Gasteiger partial charge on any atom is 0.0412 e. The van der Waals surface area contributed by atoms with E-state index < -0.39 is 0 Å². The Labute approximate surface area is 234 Å². The van der Waals surface area contributed by atoms with Gasteiger partial charge in [0.25, 0.3) is 0 Å². The largest absolute Gasteiger partial charge is 0.121 e. The highest BCUT2D eigenvalue weighted by molar-refractivity contribution is 8.93. The number of benzene rings is 3. The zero-order chi connectivity index (χ0) is 24.6. The highest BCUT2D eigenvalue weighted by Gasteiger charge is 2.38. The van der Waals surface area contributed by atoms with Gasteiger partial charge in [-0.1, -0.05) is 175 Å². The van der Waals surface area contributed by atoms with Crippen LogP contribution in [0.15, 0.2) is 91.0 Å². The molecule has 2 heteroatoms. The van der Waals surface area contributed by atoms with Crippen molar-refractivity contribution in [2.75, 3.05) is 0 Å². The van der Waals surface area contributed by atoms with Gasteiger partial charge in [-0.05, 0) is 23.1 Å². The lowest BCUT2D eigenvalue weighted by atomic mass is 9.74. The third-order valence-electron chi connectivity index (χ3n) is 7.60. The first-order chi connectivity index (χ1) is 17.3. The van der Waals surface area contributed by atoms with Gasteiger partial charge in [-0.15, -0.1) is 26.2 Å². The molecule has 0 nitrogen and oxygen atoms in total. The Hall–Kier alpha value is -1.43. The summed E-state index contributed by atoms with van der Waals surface area (Å²) in [5.41, 5.74) is 4.20. The molecule has 3 rings (SSSR count). The molecule has 0 saturated carbocycles. The van der Waals surface area contributed by atoms with Crippen LogP contribution in [0.5, 0.6) is 0 Å². The third kappa shape index (κ3) is 9.46. The molecule has 196 valence electrons. The van der Waals surface area contributed by atoms with Crippen molar-refractivity contribution in [1.82, 2.24) is 0 Å². The Kier molecular flexibility index (Phi) is 15.3. The topological polar surface area (TPSA) is 0 Å². The second kappa shape index (κ2) is 17.9. The highest BCUT2D eigenvalue weighted by Crippen LogP contribution is 2.51. The van der Waals surface area contributed by atoms with E-state index >= 15 is 0 Å². The van der Waals surface area contributed by atoms with E-state index in [-0.39, 0.29) is 22.1 Å². The van der Waals surface area contributed by atoms with Crippen LogP contribution >= 0.6 is 26.2 Å². The Morgan fingerprint density at radius 3 is 1.31 bits per heavy atom. The van der Waals surface area contributed by atoms with Crippen LogP contribution in [0.25, 0.3) is 0 Å². The normalized spacial score (nSPS) is 12.2. The fraction of sp³-hybridized carbons (Fsp3) is 0.471. The molecular formula is C34H48BrP. The van der Waals surface area contributed by atoms with Gasteiger partial charge in [0.2, 0.25) is 0 Å². The first kappa shape index (κ1) is 30.8. The molecule has 0 aliphatic rings. The van der Waals surface area contributed by atoms with Gasteiger partial charge < -0.3 is 0 Å². The fourth-order valence-corrected chi connectivity index (χ4v) is 6.27. The van der Waals surface area contributed by atoms with Crippen molar-refractivity contribution >= 4 is 26.2 Å². The minimum atomic E-state index is -0.137. The molecule has 0 saturated heterocycles. The Balaban J connectivity index is 0.00000456. The first-order valence-electron chi connectivity index (χ1n) is 14.2. The summed E-state index contributed by atoms with van der Waals surface area (Å²) in [6, 6.07) is 33.4.